The van der Waals surface area contributed by atoms with Crippen molar-refractivity contribution in [3.63, 3.8) is 0 Å². The molecule has 7 rings (SSSR count). The molecule has 1 aliphatic carbocycles. The van der Waals surface area contributed by atoms with Gasteiger partial charge in [0.15, 0.2) is 17.3 Å². The number of hydrogen-bond acceptors (Lipinski definition) is 10. The van der Waals surface area contributed by atoms with Gasteiger partial charge in [-0.3, -0.25) is 14.5 Å². The number of nitrogens with zero attached hydrogens (tertiary/aromatic N) is 7. The SMILES string of the molecule is Cc1c(OC2CCC(NC(=O)c3ccc(N4CCC(CN5CCN(Cc6ccc7nc(C)c(=O)[nH]c7c6F)CC5)CC4)nn3)CC2)ccc(C#N)c1Cl. The maximum Gasteiger partial charge on any atom is 0.272 e. The van der Waals surface area contributed by atoms with E-state index in [4.69, 9.17) is 16.3 Å². The highest BCUT2D eigenvalue weighted by Crippen LogP contribution is 2.32. The van der Waals surface area contributed by atoms with E-state index in [-0.39, 0.29) is 29.1 Å². The van der Waals surface area contributed by atoms with Crippen LogP contribution in [0.2, 0.25) is 5.02 Å². The molecule has 4 heterocycles. The number of aryl methyl sites for hydroxylation is 1. The van der Waals surface area contributed by atoms with Crippen molar-refractivity contribution in [2.45, 2.75) is 71.1 Å². The van der Waals surface area contributed by atoms with Gasteiger partial charge in [-0.1, -0.05) is 17.7 Å². The van der Waals surface area contributed by atoms with Gasteiger partial charge in [0, 0.05) is 69.5 Å². The van der Waals surface area contributed by atoms with Crippen LogP contribution in [0.15, 0.2) is 41.2 Å². The van der Waals surface area contributed by atoms with Crippen LogP contribution in [-0.4, -0.2) is 93.8 Å². The number of anilines is 1. The third-order valence-corrected chi connectivity index (χ3v) is 11.5. The summed E-state index contributed by atoms with van der Waals surface area (Å²) in [4.78, 5) is 38.9. The zero-order chi connectivity index (χ0) is 37.1. The van der Waals surface area contributed by atoms with E-state index in [1.807, 2.05) is 13.0 Å². The van der Waals surface area contributed by atoms with E-state index in [1.54, 1.807) is 37.3 Å². The van der Waals surface area contributed by atoms with Crippen molar-refractivity contribution in [2.75, 3.05) is 50.7 Å². The maximum absolute atomic E-state index is 15.2. The number of amides is 1. The number of hydrogen-bond donors (Lipinski definition) is 2. The maximum atomic E-state index is 15.2. The summed E-state index contributed by atoms with van der Waals surface area (Å²) in [6.07, 6.45) is 5.33. The standard InChI is InChI=1S/C39H45ClFN9O3/c1-24-33(11-4-27(21-42)35(24)40)53-30-7-5-29(6-8-30)44-39(52)32-10-12-34(47-46-32)50-15-13-26(14-16-50)22-48-17-19-49(20-18-48)23-28-3-9-31-37(36(28)41)45-38(51)25(2)43-31/h3-4,9-12,26,29-30H,5-8,13-20,22-23H2,1-2H3,(H,44,52)(H,45,51). The highest BCUT2D eigenvalue weighted by molar-refractivity contribution is 6.32. The molecule has 12 nitrogen and oxygen atoms in total. The van der Waals surface area contributed by atoms with E-state index in [0.29, 0.717) is 51.3 Å². The van der Waals surface area contributed by atoms with Crippen molar-refractivity contribution in [2.24, 2.45) is 5.92 Å². The van der Waals surface area contributed by atoms with Gasteiger partial charge in [0.2, 0.25) is 0 Å². The van der Waals surface area contributed by atoms with Gasteiger partial charge in [-0.15, -0.1) is 10.2 Å². The minimum Gasteiger partial charge on any atom is -0.490 e. The van der Waals surface area contributed by atoms with E-state index in [9.17, 15) is 14.9 Å². The molecule has 2 aromatic carbocycles. The van der Waals surface area contributed by atoms with Crippen LogP contribution in [0.4, 0.5) is 10.2 Å². The molecule has 2 N–H and O–H groups in total. The number of halogens is 2. The molecule has 3 aliphatic rings. The second-order valence-electron chi connectivity index (χ2n) is 14.6. The summed E-state index contributed by atoms with van der Waals surface area (Å²) >= 11 is 6.31. The van der Waals surface area contributed by atoms with Gasteiger partial charge < -0.3 is 24.8 Å². The van der Waals surface area contributed by atoms with Gasteiger partial charge in [-0.05, 0) is 88.6 Å². The third-order valence-electron chi connectivity index (χ3n) is 11.0. The van der Waals surface area contributed by atoms with Crippen LogP contribution in [0.3, 0.4) is 0 Å². The van der Waals surface area contributed by atoms with Gasteiger partial charge in [0.05, 0.1) is 22.2 Å². The minimum atomic E-state index is -0.395. The molecule has 0 unspecified atom stereocenters. The lowest BCUT2D eigenvalue weighted by atomic mass is 9.92. The number of fused-ring (bicyclic) bond motifs is 1. The van der Waals surface area contributed by atoms with Crippen LogP contribution in [-0.2, 0) is 6.54 Å². The number of benzene rings is 2. The predicted octanol–water partition coefficient (Wildman–Crippen LogP) is 5.15. The average molecular weight is 742 g/mol. The Hall–Kier alpha value is -4.64. The fourth-order valence-electron chi connectivity index (χ4n) is 7.72. The minimum absolute atomic E-state index is 0.0245. The molecule has 3 fully saturated rings. The quantitative estimate of drug-likeness (QED) is 0.237. The molecule has 2 aromatic heterocycles. The van der Waals surface area contributed by atoms with Crippen molar-refractivity contribution >= 4 is 34.4 Å². The average Bonchev–Trinajstić information content (AvgIpc) is 3.17. The molecular weight excluding hydrogens is 697 g/mol. The van der Waals surface area contributed by atoms with Crippen molar-refractivity contribution in [1.82, 2.24) is 35.3 Å². The fraction of sp³-hybridized carbons (Fsp3) is 0.487. The Bertz CT molecular complexity index is 2050. The van der Waals surface area contributed by atoms with Gasteiger partial charge >= 0.3 is 0 Å². The Labute approximate surface area is 313 Å². The Morgan fingerprint density at radius 3 is 2.42 bits per heavy atom. The van der Waals surface area contributed by atoms with Crippen LogP contribution < -0.4 is 20.5 Å². The number of piperazine rings is 1. The van der Waals surface area contributed by atoms with Crippen molar-refractivity contribution in [3.05, 3.63) is 85.7 Å². The van der Waals surface area contributed by atoms with E-state index < -0.39 is 5.82 Å². The first-order chi connectivity index (χ1) is 25.6. The molecule has 1 amide bonds. The number of carbonyl (C=O) groups excluding carboxylic acids is 1. The van der Waals surface area contributed by atoms with Gasteiger partial charge in [0.25, 0.3) is 11.5 Å². The Morgan fingerprint density at radius 1 is 0.981 bits per heavy atom. The van der Waals surface area contributed by atoms with Crippen LogP contribution in [0, 0.1) is 36.9 Å². The van der Waals surface area contributed by atoms with E-state index in [0.717, 1.165) is 95.7 Å². The summed E-state index contributed by atoms with van der Waals surface area (Å²) < 4.78 is 21.4. The summed E-state index contributed by atoms with van der Waals surface area (Å²) in [7, 11) is 0. The molecule has 2 aliphatic heterocycles. The smallest absolute Gasteiger partial charge is 0.272 e. The summed E-state index contributed by atoms with van der Waals surface area (Å²) in [6, 6.07) is 12.8. The topological polar surface area (TPSA) is 143 Å². The largest absolute Gasteiger partial charge is 0.490 e. The number of piperidine rings is 1. The Balaban J connectivity index is 0.814. The zero-order valence-corrected chi connectivity index (χ0v) is 31.0. The number of rotatable bonds is 9. The summed E-state index contributed by atoms with van der Waals surface area (Å²) in [5.74, 6) is 1.47. The number of aromatic amines is 1. The third kappa shape index (κ3) is 8.45. The Morgan fingerprint density at radius 2 is 1.72 bits per heavy atom. The Kier molecular flexibility index (Phi) is 11.2. The lowest BCUT2D eigenvalue weighted by molar-refractivity contribution is 0.0887. The highest BCUT2D eigenvalue weighted by atomic mass is 35.5. The second-order valence-corrected chi connectivity index (χ2v) is 15.0. The lowest BCUT2D eigenvalue weighted by Gasteiger charge is -2.39. The highest BCUT2D eigenvalue weighted by Gasteiger charge is 2.27. The summed E-state index contributed by atoms with van der Waals surface area (Å²) in [6.45, 7) is 10.4. The number of nitriles is 1. The molecular formula is C39H45ClFN9O3. The molecule has 0 spiro atoms. The van der Waals surface area contributed by atoms with Gasteiger partial charge in [-0.25, -0.2) is 9.37 Å². The van der Waals surface area contributed by atoms with Crippen LogP contribution in [0.1, 0.15) is 71.4 Å². The summed E-state index contributed by atoms with van der Waals surface area (Å²) in [5.41, 5.74) is 2.70. The summed E-state index contributed by atoms with van der Waals surface area (Å²) in [5, 5.41) is 21.4. The molecule has 278 valence electrons. The normalized spacial score (nSPS) is 20.3. The van der Waals surface area contributed by atoms with Crippen LogP contribution >= 0.6 is 11.6 Å². The molecule has 4 aromatic rings. The molecule has 2 saturated heterocycles. The lowest BCUT2D eigenvalue weighted by Crippen LogP contribution is -2.48. The van der Waals surface area contributed by atoms with E-state index in [1.165, 1.54) is 0 Å². The first-order valence-corrected chi connectivity index (χ1v) is 18.9. The van der Waals surface area contributed by atoms with Crippen molar-refractivity contribution < 1.29 is 13.9 Å². The first kappa shape index (κ1) is 36.7. The number of ether oxygens (including phenoxy) is 1. The monoisotopic (exact) mass is 741 g/mol. The number of nitrogens with one attached hydrogen (secondary N) is 2. The van der Waals surface area contributed by atoms with E-state index >= 15 is 4.39 Å². The van der Waals surface area contributed by atoms with Gasteiger partial charge in [-0.2, -0.15) is 5.26 Å². The van der Waals surface area contributed by atoms with E-state index in [2.05, 4.69) is 46.3 Å². The number of carbonyl (C=O) groups is 1. The molecule has 0 atom stereocenters. The van der Waals surface area contributed by atoms with Crippen molar-refractivity contribution in [1.29, 1.82) is 5.26 Å². The molecule has 1 saturated carbocycles. The zero-order valence-electron chi connectivity index (χ0n) is 30.2. The molecule has 53 heavy (non-hydrogen) atoms. The van der Waals surface area contributed by atoms with Crippen molar-refractivity contribution in [3.8, 4) is 11.8 Å². The fourth-order valence-corrected chi connectivity index (χ4v) is 7.92. The van der Waals surface area contributed by atoms with Crippen LogP contribution in [0.25, 0.3) is 11.0 Å². The predicted molar refractivity (Wildman–Crippen MR) is 201 cm³/mol. The van der Waals surface area contributed by atoms with Crippen LogP contribution in [0.5, 0.6) is 5.75 Å². The second kappa shape index (κ2) is 16.2. The molecule has 0 radical (unpaired) electrons. The molecule has 14 heteroatoms. The molecule has 0 bridgehead atoms. The van der Waals surface area contributed by atoms with Gasteiger partial charge in [0.1, 0.15) is 23.0 Å². The number of H-pyrrole nitrogens is 1. The first-order valence-electron chi connectivity index (χ1n) is 18.5. The number of aromatic nitrogens is 4.